The molecule has 1 saturated heterocycles. The Labute approximate surface area is 157 Å². The fraction of sp³-hybridized carbons (Fsp3) is 0.588. The summed E-state index contributed by atoms with van der Waals surface area (Å²) in [5.74, 6) is -0.245. The molecule has 0 saturated carbocycles. The molecule has 1 amide bonds. The van der Waals surface area contributed by atoms with Crippen LogP contribution in [0.1, 0.15) is 37.0 Å². The molecule has 0 aliphatic carbocycles. The van der Waals surface area contributed by atoms with Crippen molar-refractivity contribution in [3.63, 3.8) is 0 Å². The van der Waals surface area contributed by atoms with Crippen molar-refractivity contribution in [3.8, 4) is 0 Å². The molecule has 1 aliphatic heterocycles. The maximum atomic E-state index is 13.1. The Hall–Kier alpha value is -1.15. The molecule has 0 bridgehead atoms. The fourth-order valence-corrected chi connectivity index (χ4v) is 4.69. The number of rotatable bonds is 6. The number of benzene rings is 1. The summed E-state index contributed by atoms with van der Waals surface area (Å²) in [6.45, 7) is 6.21. The highest BCUT2D eigenvalue weighted by atomic mass is 35.5. The molecule has 1 atom stereocenters. The topological polar surface area (TPSA) is 69.7 Å². The maximum absolute atomic E-state index is 13.1. The number of hydrogen-bond acceptors (Lipinski definition) is 4. The van der Waals surface area contributed by atoms with Crippen molar-refractivity contribution in [1.82, 2.24) is 14.5 Å². The minimum Gasteiger partial charge on any atom is -0.342 e. The summed E-state index contributed by atoms with van der Waals surface area (Å²) in [6, 6.07) is 6.38. The molecular formula is C17H28ClN3O3S. The smallest absolute Gasteiger partial charge is 0.254 e. The van der Waals surface area contributed by atoms with Gasteiger partial charge in [0.25, 0.3) is 5.91 Å². The van der Waals surface area contributed by atoms with Gasteiger partial charge in [-0.1, -0.05) is 25.5 Å². The first-order valence-corrected chi connectivity index (χ1v) is 9.90. The van der Waals surface area contributed by atoms with Crippen LogP contribution in [0.4, 0.5) is 0 Å². The summed E-state index contributed by atoms with van der Waals surface area (Å²) in [6.07, 6.45) is 1.88. The number of unbranched alkanes of at least 4 members (excludes halogenated alkanes) is 1. The Morgan fingerprint density at radius 3 is 2.68 bits per heavy atom. The molecule has 1 N–H and O–H groups in total. The molecule has 6 nitrogen and oxygen atoms in total. The number of halogens is 1. The zero-order valence-electron chi connectivity index (χ0n) is 15.1. The SMILES string of the molecule is CCCCN(C)C(=O)c1ccccc1S(=O)(=O)N1CCNCC1C.Cl. The van der Waals surface area contributed by atoms with Crippen LogP contribution in [0.2, 0.25) is 0 Å². The Morgan fingerprint density at radius 1 is 1.36 bits per heavy atom. The van der Waals surface area contributed by atoms with Crippen LogP contribution in [0, 0.1) is 0 Å². The quantitative estimate of drug-likeness (QED) is 0.807. The van der Waals surface area contributed by atoms with E-state index in [4.69, 9.17) is 0 Å². The van der Waals surface area contributed by atoms with Crippen LogP contribution in [0.5, 0.6) is 0 Å². The molecule has 0 aromatic heterocycles. The second-order valence-corrected chi connectivity index (χ2v) is 8.10. The normalized spacial score (nSPS) is 18.4. The Balaban J connectivity index is 0.00000312. The lowest BCUT2D eigenvalue weighted by molar-refractivity contribution is 0.0789. The lowest BCUT2D eigenvalue weighted by Gasteiger charge is -2.33. The second-order valence-electron chi connectivity index (χ2n) is 6.25. The second kappa shape index (κ2) is 9.52. The first kappa shape index (κ1) is 21.9. The van der Waals surface area contributed by atoms with E-state index < -0.39 is 10.0 Å². The Morgan fingerprint density at radius 2 is 2.04 bits per heavy atom. The molecule has 8 heteroatoms. The molecule has 2 rings (SSSR count). The molecule has 142 valence electrons. The van der Waals surface area contributed by atoms with Gasteiger partial charge < -0.3 is 10.2 Å². The third kappa shape index (κ3) is 4.94. The predicted octanol–water partition coefficient (Wildman–Crippen LogP) is 1.96. The number of sulfonamides is 1. The summed E-state index contributed by atoms with van der Waals surface area (Å²) in [5, 5.41) is 3.19. The van der Waals surface area contributed by atoms with Crippen LogP contribution in [0.25, 0.3) is 0 Å². The minimum absolute atomic E-state index is 0. The zero-order chi connectivity index (χ0) is 17.7. The number of carbonyl (C=O) groups excluding carboxylic acids is 1. The maximum Gasteiger partial charge on any atom is 0.254 e. The van der Waals surface area contributed by atoms with E-state index in [-0.39, 0.29) is 34.8 Å². The van der Waals surface area contributed by atoms with Gasteiger partial charge in [-0.2, -0.15) is 4.31 Å². The highest BCUT2D eigenvalue weighted by Gasteiger charge is 2.33. The van der Waals surface area contributed by atoms with E-state index in [0.29, 0.717) is 26.2 Å². The van der Waals surface area contributed by atoms with E-state index in [9.17, 15) is 13.2 Å². The van der Waals surface area contributed by atoms with Crippen LogP contribution in [0.3, 0.4) is 0 Å². The molecule has 0 spiro atoms. The summed E-state index contributed by atoms with van der Waals surface area (Å²) in [5.41, 5.74) is 0.252. The lowest BCUT2D eigenvalue weighted by Crippen LogP contribution is -2.52. The number of hydrogen-bond donors (Lipinski definition) is 1. The molecule has 1 unspecified atom stereocenters. The van der Waals surface area contributed by atoms with Crippen molar-refractivity contribution in [3.05, 3.63) is 29.8 Å². The average molecular weight is 390 g/mol. The summed E-state index contributed by atoms with van der Waals surface area (Å²) < 4.78 is 27.7. The van der Waals surface area contributed by atoms with Gasteiger partial charge in [-0.25, -0.2) is 8.42 Å². The molecular weight excluding hydrogens is 362 g/mol. The van der Waals surface area contributed by atoms with Crippen LogP contribution in [-0.4, -0.2) is 62.8 Å². The molecule has 0 radical (unpaired) electrons. The van der Waals surface area contributed by atoms with Crippen molar-refractivity contribution in [2.24, 2.45) is 0 Å². The molecule has 1 aliphatic rings. The number of nitrogens with one attached hydrogen (secondary N) is 1. The highest BCUT2D eigenvalue weighted by Crippen LogP contribution is 2.24. The number of nitrogens with zero attached hydrogens (tertiary/aromatic N) is 2. The first-order valence-electron chi connectivity index (χ1n) is 8.46. The largest absolute Gasteiger partial charge is 0.342 e. The van der Waals surface area contributed by atoms with E-state index in [0.717, 1.165) is 12.8 Å². The van der Waals surface area contributed by atoms with Gasteiger partial charge in [0.1, 0.15) is 0 Å². The molecule has 1 aromatic carbocycles. The first-order chi connectivity index (χ1) is 11.4. The van der Waals surface area contributed by atoms with Crippen LogP contribution >= 0.6 is 12.4 Å². The summed E-state index contributed by atoms with van der Waals surface area (Å²) >= 11 is 0. The predicted molar refractivity (Wildman–Crippen MR) is 102 cm³/mol. The van der Waals surface area contributed by atoms with Gasteiger partial charge in [0.15, 0.2) is 0 Å². The minimum atomic E-state index is -3.70. The summed E-state index contributed by atoms with van der Waals surface area (Å²) in [7, 11) is -1.98. The van der Waals surface area contributed by atoms with Crippen molar-refractivity contribution < 1.29 is 13.2 Å². The van der Waals surface area contributed by atoms with Crippen LogP contribution in [-0.2, 0) is 10.0 Å². The summed E-state index contributed by atoms with van der Waals surface area (Å²) in [4.78, 5) is 14.4. The van der Waals surface area contributed by atoms with Gasteiger partial charge in [0.2, 0.25) is 10.0 Å². The van der Waals surface area contributed by atoms with Crippen molar-refractivity contribution in [1.29, 1.82) is 0 Å². The molecule has 1 heterocycles. The van der Waals surface area contributed by atoms with Crippen LogP contribution < -0.4 is 5.32 Å². The number of amides is 1. The fourth-order valence-electron chi connectivity index (χ4n) is 2.88. The standard InChI is InChI=1S/C17H27N3O3S.ClH/c1-4-5-11-19(3)17(21)15-8-6-7-9-16(15)24(22,23)20-12-10-18-13-14(20)2;/h6-9,14,18H,4-5,10-13H2,1-3H3;1H. The van der Waals surface area contributed by atoms with E-state index in [2.05, 4.69) is 12.2 Å². The molecule has 1 fully saturated rings. The Kier molecular flexibility index (Phi) is 8.34. The average Bonchev–Trinajstić information content (AvgIpc) is 2.59. The van der Waals surface area contributed by atoms with Crippen molar-refractivity contribution in [2.75, 3.05) is 33.2 Å². The van der Waals surface area contributed by atoms with E-state index in [1.807, 2.05) is 6.92 Å². The van der Waals surface area contributed by atoms with Crippen molar-refractivity contribution in [2.45, 2.75) is 37.6 Å². The third-order valence-corrected chi connectivity index (χ3v) is 6.41. The van der Waals surface area contributed by atoms with Crippen LogP contribution in [0.15, 0.2) is 29.2 Å². The highest BCUT2D eigenvalue weighted by molar-refractivity contribution is 7.89. The van der Waals surface area contributed by atoms with Gasteiger partial charge >= 0.3 is 0 Å². The monoisotopic (exact) mass is 389 g/mol. The van der Waals surface area contributed by atoms with E-state index in [1.54, 1.807) is 30.1 Å². The molecule has 25 heavy (non-hydrogen) atoms. The Bertz CT molecular complexity index is 681. The van der Waals surface area contributed by atoms with Gasteiger partial charge in [-0.05, 0) is 25.5 Å². The van der Waals surface area contributed by atoms with Gasteiger partial charge in [-0.15, -0.1) is 12.4 Å². The zero-order valence-corrected chi connectivity index (χ0v) is 16.7. The van der Waals surface area contributed by atoms with Gasteiger partial charge in [-0.3, -0.25) is 4.79 Å². The van der Waals surface area contributed by atoms with Crippen molar-refractivity contribution >= 4 is 28.3 Å². The number of piperazine rings is 1. The van der Waals surface area contributed by atoms with E-state index in [1.165, 1.54) is 10.4 Å². The molecule has 1 aromatic rings. The van der Waals surface area contributed by atoms with Gasteiger partial charge in [0.05, 0.1) is 10.5 Å². The van der Waals surface area contributed by atoms with E-state index >= 15 is 0 Å². The van der Waals surface area contributed by atoms with Gasteiger partial charge in [0, 0.05) is 39.3 Å². The lowest BCUT2D eigenvalue weighted by atomic mass is 10.2. The number of carbonyl (C=O) groups is 1. The third-order valence-electron chi connectivity index (χ3n) is 4.34.